The topological polar surface area (TPSA) is 60.7 Å². The standard InChI is InChI=1S/C32H34FNO4/c1-4-37-30(32(35)36)20-23-10-16-27(17-11-23)38-19-18-34-29(22(2)3)21-28(24-8-6-5-7-9-24)31(34)25-12-14-26(33)15-13-25/h5-17,21-22,30H,4,18-20H2,1-3H3,(H,35,36)/t30-/m1/s1. The molecule has 4 rings (SSSR count). The van der Waals surface area contributed by atoms with Gasteiger partial charge in [0.15, 0.2) is 6.10 Å². The second-order valence-corrected chi connectivity index (χ2v) is 9.49. The summed E-state index contributed by atoms with van der Waals surface area (Å²) >= 11 is 0. The minimum atomic E-state index is -0.966. The molecule has 0 aliphatic rings. The normalized spacial score (nSPS) is 12.0. The third kappa shape index (κ3) is 6.50. The van der Waals surface area contributed by atoms with Crippen LogP contribution >= 0.6 is 0 Å². The van der Waals surface area contributed by atoms with Gasteiger partial charge in [-0.2, -0.15) is 0 Å². The van der Waals surface area contributed by atoms with Crippen LogP contribution in [0, 0.1) is 5.82 Å². The monoisotopic (exact) mass is 515 g/mol. The molecule has 1 N–H and O–H groups in total. The van der Waals surface area contributed by atoms with Gasteiger partial charge in [0, 0.05) is 24.3 Å². The highest BCUT2D eigenvalue weighted by Gasteiger charge is 2.20. The first-order valence-corrected chi connectivity index (χ1v) is 13.0. The van der Waals surface area contributed by atoms with Gasteiger partial charge in [-0.3, -0.25) is 0 Å². The van der Waals surface area contributed by atoms with Crippen molar-refractivity contribution in [1.29, 1.82) is 0 Å². The molecule has 0 radical (unpaired) electrons. The molecule has 0 aliphatic heterocycles. The molecule has 0 saturated heterocycles. The third-order valence-electron chi connectivity index (χ3n) is 6.49. The fourth-order valence-electron chi connectivity index (χ4n) is 4.65. The smallest absolute Gasteiger partial charge is 0.333 e. The number of rotatable bonds is 12. The van der Waals surface area contributed by atoms with Crippen LogP contribution in [0.15, 0.2) is 84.9 Å². The van der Waals surface area contributed by atoms with E-state index in [0.717, 1.165) is 27.9 Å². The average molecular weight is 516 g/mol. The Morgan fingerprint density at radius 1 is 0.947 bits per heavy atom. The summed E-state index contributed by atoms with van der Waals surface area (Å²) in [6, 6.07) is 26.6. The Bertz CT molecular complexity index is 1330. The number of hydrogen-bond acceptors (Lipinski definition) is 3. The highest BCUT2D eigenvalue weighted by molar-refractivity contribution is 5.82. The van der Waals surface area contributed by atoms with Crippen LogP contribution < -0.4 is 4.74 Å². The van der Waals surface area contributed by atoms with Crippen molar-refractivity contribution in [2.75, 3.05) is 13.2 Å². The van der Waals surface area contributed by atoms with E-state index in [-0.39, 0.29) is 11.7 Å². The van der Waals surface area contributed by atoms with Crippen molar-refractivity contribution in [2.45, 2.75) is 45.8 Å². The minimum Gasteiger partial charge on any atom is -0.492 e. The maximum Gasteiger partial charge on any atom is 0.333 e. The Kier molecular flexibility index (Phi) is 8.98. The van der Waals surface area contributed by atoms with Gasteiger partial charge in [-0.05, 0) is 72.0 Å². The van der Waals surface area contributed by atoms with E-state index in [0.29, 0.717) is 31.9 Å². The highest BCUT2D eigenvalue weighted by atomic mass is 19.1. The zero-order valence-electron chi connectivity index (χ0n) is 22.1. The average Bonchev–Trinajstić information content (AvgIpc) is 3.30. The molecule has 198 valence electrons. The van der Waals surface area contributed by atoms with E-state index >= 15 is 0 Å². The summed E-state index contributed by atoms with van der Waals surface area (Å²) < 4.78 is 27.4. The van der Waals surface area contributed by atoms with Crippen molar-refractivity contribution in [1.82, 2.24) is 4.57 Å². The summed E-state index contributed by atoms with van der Waals surface area (Å²) in [5.41, 5.74) is 6.25. The van der Waals surface area contributed by atoms with Crippen molar-refractivity contribution in [2.24, 2.45) is 0 Å². The van der Waals surface area contributed by atoms with Gasteiger partial charge in [0.25, 0.3) is 0 Å². The number of aliphatic carboxylic acids is 1. The molecule has 0 bridgehead atoms. The van der Waals surface area contributed by atoms with Gasteiger partial charge >= 0.3 is 5.97 Å². The molecule has 1 atom stereocenters. The summed E-state index contributed by atoms with van der Waals surface area (Å²) in [7, 11) is 0. The number of halogens is 1. The first-order chi connectivity index (χ1) is 18.4. The zero-order chi connectivity index (χ0) is 27.1. The predicted molar refractivity (Wildman–Crippen MR) is 148 cm³/mol. The lowest BCUT2D eigenvalue weighted by Crippen LogP contribution is -2.26. The first-order valence-electron chi connectivity index (χ1n) is 13.0. The predicted octanol–water partition coefficient (Wildman–Crippen LogP) is 7.20. The molecular weight excluding hydrogens is 481 g/mol. The number of benzene rings is 3. The van der Waals surface area contributed by atoms with Crippen LogP contribution in [0.4, 0.5) is 4.39 Å². The van der Waals surface area contributed by atoms with Crippen LogP contribution in [0.5, 0.6) is 5.75 Å². The van der Waals surface area contributed by atoms with E-state index < -0.39 is 12.1 Å². The lowest BCUT2D eigenvalue weighted by Gasteiger charge is -2.17. The number of nitrogens with zero attached hydrogens (tertiary/aromatic N) is 1. The van der Waals surface area contributed by atoms with Gasteiger partial charge in [-0.1, -0.05) is 56.3 Å². The number of carboxylic acid groups (broad SMARTS) is 1. The molecule has 0 saturated carbocycles. The second kappa shape index (κ2) is 12.6. The lowest BCUT2D eigenvalue weighted by molar-refractivity contribution is -0.149. The van der Waals surface area contributed by atoms with Gasteiger partial charge < -0.3 is 19.1 Å². The summed E-state index contributed by atoms with van der Waals surface area (Å²) in [6.45, 7) is 7.52. The Labute approximate surface area is 223 Å². The van der Waals surface area contributed by atoms with Crippen LogP contribution in [0.1, 0.15) is 37.9 Å². The fourth-order valence-corrected chi connectivity index (χ4v) is 4.65. The Balaban J connectivity index is 1.57. The molecule has 0 fully saturated rings. The molecular formula is C32H34FNO4. The lowest BCUT2D eigenvalue weighted by atomic mass is 10.0. The number of hydrogen-bond donors (Lipinski definition) is 1. The zero-order valence-corrected chi connectivity index (χ0v) is 22.1. The third-order valence-corrected chi connectivity index (χ3v) is 6.49. The van der Waals surface area contributed by atoms with Gasteiger partial charge in [0.2, 0.25) is 0 Å². The SMILES string of the molecule is CCO[C@H](Cc1ccc(OCCn2c(C(C)C)cc(-c3ccccc3)c2-c2ccc(F)cc2)cc1)C(=O)O. The molecule has 4 aromatic rings. The maximum atomic E-state index is 13.8. The molecule has 6 heteroatoms. The Morgan fingerprint density at radius 3 is 2.24 bits per heavy atom. The second-order valence-electron chi connectivity index (χ2n) is 9.49. The van der Waals surface area contributed by atoms with Crippen molar-refractivity contribution in [3.05, 3.63) is 102 Å². The van der Waals surface area contributed by atoms with Crippen LogP contribution in [0.25, 0.3) is 22.4 Å². The van der Waals surface area contributed by atoms with Gasteiger partial charge in [-0.25, -0.2) is 9.18 Å². The quantitative estimate of drug-likeness (QED) is 0.217. The van der Waals surface area contributed by atoms with Gasteiger partial charge in [0.1, 0.15) is 18.2 Å². The number of carboxylic acids is 1. The van der Waals surface area contributed by atoms with E-state index in [4.69, 9.17) is 9.47 Å². The van der Waals surface area contributed by atoms with Crippen LogP contribution in [-0.2, 0) is 22.5 Å². The van der Waals surface area contributed by atoms with Crippen molar-refractivity contribution in [3.8, 4) is 28.1 Å². The summed E-state index contributed by atoms with van der Waals surface area (Å²) in [6.07, 6.45) is -0.563. The van der Waals surface area contributed by atoms with E-state index in [1.165, 1.54) is 17.8 Å². The van der Waals surface area contributed by atoms with E-state index in [2.05, 4.69) is 36.6 Å². The van der Waals surface area contributed by atoms with Crippen LogP contribution in [0.2, 0.25) is 0 Å². The van der Waals surface area contributed by atoms with Crippen LogP contribution in [-0.4, -0.2) is 35.0 Å². The van der Waals surface area contributed by atoms with E-state index in [1.54, 1.807) is 6.92 Å². The molecule has 3 aromatic carbocycles. The van der Waals surface area contributed by atoms with Crippen molar-refractivity contribution in [3.63, 3.8) is 0 Å². The molecule has 38 heavy (non-hydrogen) atoms. The first kappa shape index (κ1) is 27.1. The van der Waals surface area contributed by atoms with E-state index in [1.807, 2.05) is 54.6 Å². The summed E-state index contributed by atoms with van der Waals surface area (Å²) in [4.78, 5) is 11.4. The molecule has 5 nitrogen and oxygen atoms in total. The number of carbonyl (C=O) groups is 1. The number of ether oxygens (including phenoxy) is 2. The van der Waals surface area contributed by atoms with Gasteiger partial charge in [0.05, 0.1) is 12.2 Å². The van der Waals surface area contributed by atoms with Crippen LogP contribution in [0.3, 0.4) is 0 Å². The van der Waals surface area contributed by atoms with Crippen molar-refractivity contribution >= 4 is 5.97 Å². The molecule has 0 aliphatic carbocycles. The summed E-state index contributed by atoms with van der Waals surface area (Å²) in [5, 5.41) is 9.33. The molecule has 1 heterocycles. The number of aromatic nitrogens is 1. The van der Waals surface area contributed by atoms with Gasteiger partial charge in [-0.15, -0.1) is 0 Å². The molecule has 1 aromatic heterocycles. The minimum absolute atomic E-state index is 0.264. The summed E-state index contributed by atoms with van der Waals surface area (Å²) in [5.74, 6) is -0.244. The largest absolute Gasteiger partial charge is 0.492 e. The Morgan fingerprint density at radius 2 is 1.63 bits per heavy atom. The highest BCUT2D eigenvalue weighted by Crippen LogP contribution is 2.37. The van der Waals surface area contributed by atoms with E-state index in [9.17, 15) is 14.3 Å². The Hall–Kier alpha value is -3.90. The molecule has 0 spiro atoms. The van der Waals surface area contributed by atoms with Crippen molar-refractivity contribution < 1.29 is 23.8 Å². The molecule has 0 unspecified atom stereocenters. The maximum absolute atomic E-state index is 13.8. The fraction of sp³-hybridized carbons (Fsp3) is 0.281. The molecule has 0 amide bonds.